The topological polar surface area (TPSA) is 17.1 Å². The van der Waals surface area contributed by atoms with Gasteiger partial charge in [0.2, 0.25) is 0 Å². The maximum absolute atomic E-state index is 13.3. The Hall–Kier alpha value is -1.44. The Kier molecular flexibility index (Phi) is 3.87. The van der Waals surface area contributed by atoms with E-state index in [2.05, 4.69) is 20.8 Å². The lowest BCUT2D eigenvalue weighted by Crippen LogP contribution is -2.15. The number of carbonyl (C=O) groups excluding carboxylic acids is 1. The van der Waals surface area contributed by atoms with Crippen LogP contribution in [0, 0.1) is 0 Å². The number of rotatable bonds is 3. The first-order valence-electron chi connectivity index (χ1n) is 5.70. The summed E-state index contributed by atoms with van der Waals surface area (Å²) in [6.45, 7) is 7.66. The zero-order valence-corrected chi connectivity index (χ0v) is 10.8. The molecule has 1 aromatic carbocycles. The Morgan fingerprint density at radius 1 is 1.06 bits per heavy atom. The number of halogens is 1. The lowest BCUT2D eigenvalue weighted by Gasteiger charge is -2.18. The van der Waals surface area contributed by atoms with E-state index in [1.807, 2.05) is 24.3 Å². The van der Waals surface area contributed by atoms with Crippen LogP contribution in [-0.2, 0) is 10.2 Å². The van der Waals surface area contributed by atoms with Crippen molar-refractivity contribution in [2.45, 2.75) is 38.8 Å². The molecule has 0 saturated heterocycles. The van der Waals surface area contributed by atoms with Gasteiger partial charge in [-0.1, -0.05) is 51.1 Å². The molecule has 1 atom stereocenters. The highest BCUT2D eigenvalue weighted by atomic mass is 19.1. The predicted octanol–water partition coefficient (Wildman–Crippen LogP) is 3.92. The van der Waals surface area contributed by atoms with Crippen LogP contribution in [0.4, 0.5) is 4.39 Å². The SMILES string of the molecule is CC(C)(C)c1ccc(/C=C/[C@@](C)(F)C=O)cc1. The average molecular weight is 234 g/mol. The number of hydrogen-bond acceptors (Lipinski definition) is 1. The van der Waals surface area contributed by atoms with Gasteiger partial charge in [-0.2, -0.15) is 0 Å². The summed E-state index contributed by atoms with van der Waals surface area (Å²) in [4.78, 5) is 10.4. The minimum absolute atomic E-state index is 0.111. The summed E-state index contributed by atoms with van der Waals surface area (Å²) in [6, 6.07) is 7.91. The largest absolute Gasteiger partial charge is 0.299 e. The van der Waals surface area contributed by atoms with Crippen LogP contribution >= 0.6 is 0 Å². The molecule has 0 unspecified atom stereocenters. The van der Waals surface area contributed by atoms with Crippen LogP contribution in [0.15, 0.2) is 30.3 Å². The van der Waals surface area contributed by atoms with Crippen LogP contribution in [0.5, 0.6) is 0 Å². The molecule has 1 rings (SSSR count). The van der Waals surface area contributed by atoms with Crippen LogP contribution in [0.25, 0.3) is 6.08 Å². The summed E-state index contributed by atoms with van der Waals surface area (Å²) in [7, 11) is 0. The second-order valence-electron chi connectivity index (χ2n) is 5.47. The minimum atomic E-state index is -1.89. The van der Waals surface area contributed by atoms with Gasteiger partial charge in [-0.15, -0.1) is 0 Å². The Labute approximate surface area is 102 Å². The van der Waals surface area contributed by atoms with Crippen molar-refractivity contribution in [3.05, 3.63) is 41.5 Å². The van der Waals surface area contributed by atoms with Crippen molar-refractivity contribution >= 4 is 12.4 Å². The molecular formula is C15H19FO. The third kappa shape index (κ3) is 4.14. The number of carbonyl (C=O) groups is 1. The van der Waals surface area contributed by atoms with Crippen LogP contribution in [0.3, 0.4) is 0 Å². The van der Waals surface area contributed by atoms with E-state index < -0.39 is 5.67 Å². The molecule has 0 aliphatic heterocycles. The van der Waals surface area contributed by atoms with E-state index in [0.29, 0.717) is 6.29 Å². The van der Waals surface area contributed by atoms with E-state index in [1.54, 1.807) is 6.08 Å². The quantitative estimate of drug-likeness (QED) is 0.724. The third-order valence-corrected chi connectivity index (χ3v) is 2.61. The van der Waals surface area contributed by atoms with Gasteiger partial charge < -0.3 is 0 Å². The van der Waals surface area contributed by atoms with E-state index in [-0.39, 0.29) is 5.41 Å². The second kappa shape index (κ2) is 4.82. The molecule has 0 aromatic heterocycles. The highest BCUT2D eigenvalue weighted by Crippen LogP contribution is 2.22. The summed E-state index contributed by atoms with van der Waals surface area (Å²) >= 11 is 0. The zero-order chi connectivity index (χ0) is 13.1. The molecule has 0 amide bonds. The first-order chi connectivity index (χ1) is 7.74. The molecule has 1 nitrogen and oxygen atoms in total. The Morgan fingerprint density at radius 3 is 2.00 bits per heavy atom. The molecule has 0 N–H and O–H groups in total. The van der Waals surface area contributed by atoms with Crippen molar-refractivity contribution in [3.8, 4) is 0 Å². The van der Waals surface area contributed by atoms with Crippen molar-refractivity contribution in [3.63, 3.8) is 0 Å². The van der Waals surface area contributed by atoms with Crippen molar-refractivity contribution < 1.29 is 9.18 Å². The first kappa shape index (κ1) is 13.6. The fraction of sp³-hybridized carbons (Fsp3) is 0.400. The third-order valence-electron chi connectivity index (χ3n) is 2.61. The van der Waals surface area contributed by atoms with Crippen LogP contribution in [0.2, 0.25) is 0 Å². The maximum atomic E-state index is 13.3. The number of aldehydes is 1. The van der Waals surface area contributed by atoms with Gasteiger partial charge in [0, 0.05) is 0 Å². The van der Waals surface area contributed by atoms with Gasteiger partial charge in [0.1, 0.15) is 0 Å². The molecule has 0 aliphatic carbocycles. The average Bonchev–Trinajstić information content (AvgIpc) is 2.26. The molecular weight excluding hydrogens is 215 g/mol. The molecule has 92 valence electrons. The van der Waals surface area contributed by atoms with Crippen molar-refractivity contribution in [1.29, 1.82) is 0 Å². The molecule has 0 heterocycles. The van der Waals surface area contributed by atoms with Gasteiger partial charge in [-0.3, -0.25) is 4.79 Å². The van der Waals surface area contributed by atoms with Crippen LogP contribution < -0.4 is 0 Å². The van der Waals surface area contributed by atoms with E-state index >= 15 is 0 Å². The van der Waals surface area contributed by atoms with Gasteiger partial charge >= 0.3 is 0 Å². The van der Waals surface area contributed by atoms with Gasteiger partial charge in [0.05, 0.1) is 0 Å². The van der Waals surface area contributed by atoms with Crippen molar-refractivity contribution in [2.24, 2.45) is 0 Å². The monoisotopic (exact) mass is 234 g/mol. The second-order valence-corrected chi connectivity index (χ2v) is 5.47. The van der Waals surface area contributed by atoms with Crippen molar-refractivity contribution in [1.82, 2.24) is 0 Å². The number of allylic oxidation sites excluding steroid dienone is 1. The van der Waals surface area contributed by atoms with Gasteiger partial charge in [0.25, 0.3) is 0 Å². The highest BCUT2D eigenvalue weighted by Gasteiger charge is 2.17. The lowest BCUT2D eigenvalue weighted by atomic mass is 9.86. The highest BCUT2D eigenvalue weighted by molar-refractivity contribution is 5.68. The van der Waals surface area contributed by atoms with Crippen LogP contribution in [-0.4, -0.2) is 12.0 Å². The molecule has 17 heavy (non-hydrogen) atoms. The number of alkyl halides is 1. The summed E-state index contributed by atoms with van der Waals surface area (Å²) in [5.74, 6) is 0. The van der Waals surface area contributed by atoms with E-state index in [4.69, 9.17) is 0 Å². The molecule has 0 aliphatic rings. The van der Waals surface area contributed by atoms with Gasteiger partial charge in [-0.25, -0.2) is 4.39 Å². The number of hydrogen-bond donors (Lipinski definition) is 0. The summed E-state index contributed by atoms with van der Waals surface area (Å²) in [5, 5.41) is 0. The van der Waals surface area contributed by atoms with E-state index in [0.717, 1.165) is 5.56 Å². The minimum Gasteiger partial charge on any atom is -0.299 e. The smallest absolute Gasteiger partial charge is 0.181 e. The van der Waals surface area contributed by atoms with E-state index in [1.165, 1.54) is 18.6 Å². The van der Waals surface area contributed by atoms with E-state index in [9.17, 15) is 9.18 Å². The Morgan fingerprint density at radius 2 is 1.59 bits per heavy atom. The standard InChI is InChI=1S/C15H19FO/c1-14(2,3)13-7-5-12(6-8-13)9-10-15(4,16)11-17/h5-11H,1-4H3/b10-9+/t15-/m1/s1. The Balaban J connectivity index is 2.86. The molecule has 0 radical (unpaired) electrons. The van der Waals surface area contributed by atoms with Crippen LogP contribution in [0.1, 0.15) is 38.8 Å². The fourth-order valence-corrected chi connectivity index (χ4v) is 1.39. The lowest BCUT2D eigenvalue weighted by molar-refractivity contribution is -0.114. The normalized spacial score (nSPS) is 15.8. The fourth-order valence-electron chi connectivity index (χ4n) is 1.39. The summed E-state index contributed by atoms with van der Waals surface area (Å²) in [5.41, 5.74) is 0.347. The molecule has 0 spiro atoms. The molecule has 2 heteroatoms. The molecule has 0 saturated carbocycles. The summed E-state index contributed by atoms with van der Waals surface area (Å²) < 4.78 is 13.3. The summed E-state index contributed by atoms with van der Waals surface area (Å²) in [6.07, 6.45) is 3.19. The van der Waals surface area contributed by atoms with Gasteiger partial charge in [0.15, 0.2) is 12.0 Å². The maximum Gasteiger partial charge on any atom is 0.181 e. The first-order valence-corrected chi connectivity index (χ1v) is 5.70. The van der Waals surface area contributed by atoms with Crippen molar-refractivity contribution in [2.75, 3.05) is 0 Å². The molecule has 0 bridgehead atoms. The zero-order valence-electron chi connectivity index (χ0n) is 10.8. The molecule has 0 fully saturated rings. The van der Waals surface area contributed by atoms with Gasteiger partial charge in [-0.05, 0) is 29.5 Å². The number of benzene rings is 1. The predicted molar refractivity (Wildman–Crippen MR) is 69.8 cm³/mol. The Bertz CT molecular complexity index is 408. The molecule has 1 aromatic rings.